The van der Waals surface area contributed by atoms with Crippen molar-refractivity contribution >= 4 is 33.9 Å². The van der Waals surface area contributed by atoms with Gasteiger partial charge in [-0.25, -0.2) is 4.79 Å². The lowest BCUT2D eigenvalue weighted by Gasteiger charge is -2.07. The summed E-state index contributed by atoms with van der Waals surface area (Å²) in [6, 6.07) is 3.50. The zero-order chi connectivity index (χ0) is 15.3. The number of phenols is 1. The summed E-state index contributed by atoms with van der Waals surface area (Å²) >= 11 is 3.11. The zero-order valence-corrected chi connectivity index (χ0v) is 11.9. The van der Waals surface area contributed by atoms with Crippen molar-refractivity contribution in [3.63, 3.8) is 0 Å². The van der Waals surface area contributed by atoms with Crippen molar-refractivity contribution in [3.05, 3.63) is 27.7 Å². The molecule has 0 bridgehead atoms. The van der Waals surface area contributed by atoms with Gasteiger partial charge in [-0.1, -0.05) is 0 Å². The van der Waals surface area contributed by atoms with Crippen LogP contribution in [0.3, 0.4) is 0 Å². The molecule has 1 rings (SSSR count). The maximum Gasteiger partial charge on any atom is 0.319 e. The Kier molecular flexibility index (Phi) is 5.11. The minimum atomic E-state index is -1.05. The predicted molar refractivity (Wildman–Crippen MR) is 73.7 cm³/mol. The van der Waals surface area contributed by atoms with Crippen molar-refractivity contribution in [2.75, 3.05) is 7.11 Å². The second-order valence-corrected chi connectivity index (χ2v) is 4.40. The molecule has 0 saturated carbocycles. The number of halogens is 1. The van der Waals surface area contributed by atoms with E-state index in [-0.39, 0.29) is 17.1 Å². The van der Waals surface area contributed by atoms with E-state index in [0.717, 1.165) is 0 Å². The minimum Gasteiger partial charge on any atom is -0.503 e. The molecule has 0 aromatic heterocycles. The standard InChI is InChI=1S/C12H10BrN3O4/c1-20-9-4-6(3-8(13)10(9)17)2-7(5-14)11(18)16-12(15)19/h2-4,17H,1H3,(H3,15,16,18,19)/b7-2-. The highest BCUT2D eigenvalue weighted by Crippen LogP contribution is 2.35. The van der Waals surface area contributed by atoms with Crippen LogP contribution in [-0.4, -0.2) is 24.2 Å². The first-order chi connectivity index (χ1) is 9.38. The Morgan fingerprint density at radius 1 is 1.55 bits per heavy atom. The van der Waals surface area contributed by atoms with Gasteiger partial charge in [0.05, 0.1) is 11.6 Å². The van der Waals surface area contributed by atoms with E-state index >= 15 is 0 Å². The number of primary amides is 1. The Balaban J connectivity index is 3.20. The number of nitrogens with zero attached hydrogens (tertiary/aromatic N) is 1. The van der Waals surface area contributed by atoms with Crippen LogP contribution < -0.4 is 15.8 Å². The number of urea groups is 1. The largest absolute Gasteiger partial charge is 0.503 e. The fraction of sp³-hybridized carbons (Fsp3) is 0.0833. The van der Waals surface area contributed by atoms with E-state index in [1.807, 2.05) is 0 Å². The van der Waals surface area contributed by atoms with Crippen molar-refractivity contribution in [3.8, 4) is 17.6 Å². The van der Waals surface area contributed by atoms with Gasteiger partial charge in [0.15, 0.2) is 11.5 Å². The fourth-order valence-electron chi connectivity index (χ4n) is 1.33. The van der Waals surface area contributed by atoms with E-state index in [2.05, 4.69) is 15.9 Å². The first kappa shape index (κ1) is 15.5. The molecule has 0 radical (unpaired) electrons. The number of ether oxygens (including phenoxy) is 1. The maximum absolute atomic E-state index is 11.5. The number of nitrogens with two attached hydrogens (primary N) is 1. The van der Waals surface area contributed by atoms with Crippen LogP contribution in [0, 0.1) is 11.3 Å². The summed E-state index contributed by atoms with van der Waals surface area (Å²) in [6.45, 7) is 0. The smallest absolute Gasteiger partial charge is 0.319 e. The normalized spacial score (nSPS) is 10.6. The number of imide groups is 1. The number of carbonyl (C=O) groups is 2. The Morgan fingerprint density at radius 3 is 2.70 bits per heavy atom. The fourth-order valence-corrected chi connectivity index (χ4v) is 1.79. The van der Waals surface area contributed by atoms with E-state index in [0.29, 0.717) is 10.0 Å². The van der Waals surface area contributed by atoms with Gasteiger partial charge in [0, 0.05) is 0 Å². The molecule has 0 atom stereocenters. The predicted octanol–water partition coefficient (Wildman–Crippen LogP) is 1.27. The highest BCUT2D eigenvalue weighted by molar-refractivity contribution is 9.10. The van der Waals surface area contributed by atoms with Crippen LogP contribution in [0.15, 0.2) is 22.2 Å². The molecule has 20 heavy (non-hydrogen) atoms. The molecule has 7 nitrogen and oxygen atoms in total. The van der Waals surface area contributed by atoms with Gasteiger partial charge in [-0.05, 0) is 39.7 Å². The van der Waals surface area contributed by atoms with Crippen LogP contribution in [0.25, 0.3) is 6.08 Å². The molecule has 1 aromatic carbocycles. The lowest BCUT2D eigenvalue weighted by Crippen LogP contribution is -2.35. The molecule has 8 heteroatoms. The van der Waals surface area contributed by atoms with Crippen LogP contribution in [-0.2, 0) is 4.79 Å². The highest BCUT2D eigenvalue weighted by atomic mass is 79.9. The summed E-state index contributed by atoms with van der Waals surface area (Å²) in [4.78, 5) is 22.1. The number of aromatic hydroxyl groups is 1. The number of rotatable bonds is 3. The Hall–Kier alpha value is -2.53. The minimum absolute atomic E-state index is 0.107. The number of benzene rings is 1. The molecule has 0 aliphatic carbocycles. The monoisotopic (exact) mass is 339 g/mol. The second kappa shape index (κ2) is 6.58. The SMILES string of the molecule is COc1cc(/C=C(/C#N)C(=O)NC(N)=O)cc(Br)c1O. The molecule has 0 aliphatic heterocycles. The molecule has 4 N–H and O–H groups in total. The van der Waals surface area contributed by atoms with Crippen LogP contribution in [0.5, 0.6) is 11.5 Å². The summed E-state index contributed by atoms with van der Waals surface area (Å²) in [5.41, 5.74) is 4.90. The van der Waals surface area contributed by atoms with Gasteiger partial charge in [0.25, 0.3) is 5.91 Å². The first-order valence-corrected chi connectivity index (χ1v) is 5.97. The Bertz CT molecular complexity index is 634. The van der Waals surface area contributed by atoms with Crippen LogP contribution in [0.2, 0.25) is 0 Å². The van der Waals surface area contributed by atoms with Gasteiger partial charge in [-0.2, -0.15) is 5.26 Å². The molecular formula is C12H10BrN3O4. The number of hydrogen-bond acceptors (Lipinski definition) is 5. The summed E-state index contributed by atoms with van der Waals surface area (Å²) in [5.74, 6) is -0.855. The molecule has 0 fully saturated rings. The van der Waals surface area contributed by atoms with Gasteiger partial charge in [0.2, 0.25) is 0 Å². The van der Waals surface area contributed by atoms with Crippen molar-refractivity contribution in [1.82, 2.24) is 5.32 Å². The van der Waals surface area contributed by atoms with E-state index in [9.17, 15) is 14.7 Å². The lowest BCUT2D eigenvalue weighted by atomic mass is 10.1. The molecule has 0 saturated heterocycles. The molecular weight excluding hydrogens is 330 g/mol. The summed E-state index contributed by atoms with van der Waals surface area (Å²) in [5, 5.41) is 20.3. The average Bonchev–Trinajstić information content (AvgIpc) is 2.38. The van der Waals surface area contributed by atoms with Gasteiger partial charge in [-0.15, -0.1) is 0 Å². The summed E-state index contributed by atoms with van der Waals surface area (Å²) < 4.78 is 5.27. The molecule has 0 spiro atoms. The number of nitriles is 1. The molecule has 1 aromatic rings. The quantitative estimate of drug-likeness (QED) is 0.564. The third kappa shape index (κ3) is 3.73. The lowest BCUT2D eigenvalue weighted by molar-refractivity contribution is -0.115. The maximum atomic E-state index is 11.5. The summed E-state index contributed by atoms with van der Waals surface area (Å²) in [7, 11) is 1.36. The topological polar surface area (TPSA) is 125 Å². The number of hydrogen-bond donors (Lipinski definition) is 3. The average molecular weight is 340 g/mol. The second-order valence-electron chi connectivity index (χ2n) is 3.54. The van der Waals surface area contributed by atoms with E-state index in [1.54, 1.807) is 11.4 Å². The summed E-state index contributed by atoms with van der Waals surface area (Å²) in [6.07, 6.45) is 1.23. The van der Waals surface area contributed by atoms with E-state index in [4.69, 9.17) is 15.7 Å². The van der Waals surface area contributed by atoms with Gasteiger partial charge in [0.1, 0.15) is 11.6 Å². The van der Waals surface area contributed by atoms with Crippen molar-refractivity contribution < 1.29 is 19.4 Å². The molecule has 3 amide bonds. The van der Waals surface area contributed by atoms with Crippen LogP contribution in [0.1, 0.15) is 5.56 Å². The van der Waals surface area contributed by atoms with Crippen molar-refractivity contribution in [2.24, 2.45) is 5.73 Å². The van der Waals surface area contributed by atoms with E-state index < -0.39 is 11.9 Å². The third-order valence-electron chi connectivity index (χ3n) is 2.18. The Labute approximate surface area is 122 Å². The first-order valence-electron chi connectivity index (χ1n) is 5.18. The van der Waals surface area contributed by atoms with Gasteiger partial charge >= 0.3 is 6.03 Å². The third-order valence-corrected chi connectivity index (χ3v) is 2.79. The van der Waals surface area contributed by atoms with Crippen molar-refractivity contribution in [1.29, 1.82) is 5.26 Å². The van der Waals surface area contributed by atoms with Crippen molar-refractivity contribution in [2.45, 2.75) is 0 Å². The van der Waals surface area contributed by atoms with Gasteiger partial charge in [-0.3, -0.25) is 10.1 Å². The Morgan fingerprint density at radius 2 is 2.20 bits per heavy atom. The van der Waals surface area contributed by atoms with E-state index in [1.165, 1.54) is 25.3 Å². The van der Waals surface area contributed by atoms with Crippen LogP contribution in [0.4, 0.5) is 4.79 Å². The number of methoxy groups -OCH3 is 1. The number of nitrogens with one attached hydrogen (secondary N) is 1. The number of carbonyl (C=O) groups excluding carboxylic acids is 2. The number of phenolic OH excluding ortho intramolecular Hbond substituents is 1. The van der Waals surface area contributed by atoms with Gasteiger partial charge < -0.3 is 15.6 Å². The highest BCUT2D eigenvalue weighted by Gasteiger charge is 2.13. The molecule has 0 unspecified atom stereocenters. The number of amides is 3. The molecule has 104 valence electrons. The molecule has 0 heterocycles. The molecule has 0 aliphatic rings. The zero-order valence-electron chi connectivity index (χ0n) is 10.3. The van der Waals surface area contributed by atoms with Crippen LogP contribution >= 0.6 is 15.9 Å².